The van der Waals surface area contributed by atoms with Crippen LogP contribution in [0.15, 0.2) is 4.52 Å². The third-order valence-electron chi connectivity index (χ3n) is 2.76. The van der Waals surface area contributed by atoms with Crippen LogP contribution in [0.1, 0.15) is 17.0 Å². The zero-order valence-corrected chi connectivity index (χ0v) is 11.9. The zero-order chi connectivity index (χ0) is 14.7. The molecule has 0 amide bonds. The highest BCUT2D eigenvalue weighted by molar-refractivity contribution is 5.43. The maximum absolute atomic E-state index is 5.35. The van der Waals surface area contributed by atoms with Crippen molar-refractivity contribution in [1.29, 1.82) is 0 Å². The van der Waals surface area contributed by atoms with Crippen LogP contribution >= 0.6 is 0 Å². The molecule has 0 saturated carbocycles. The van der Waals surface area contributed by atoms with E-state index >= 15 is 0 Å². The minimum Gasteiger partial charge on any atom is -0.361 e. The third kappa shape index (κ3) is 2.94. The van der Waals surface area contributed by atoms with E-state index in [4.69, 9.17) is 10.4 Å². The van der Waals surface area contributed by atoms with Crippen LogP contribution in [0.3, 0.4) is 0 Å². The number of nitrogens with two attached hydrogens (primary N) is 1. The molecule has 0 unspecified atom stereocenters. The molecule has 2 aromatic heterocycles. The first-order valence-corrected chi connectivity index (χ1v) is 6.07. The SMILES string of the molecule is Cc1noc(C)c1CNc1nc(NN)nc(N(C)C)n1. The molecule has 9 nitrogen and oxygen atoms in total. The number of aromatic nitrogens is 4. The lowest BCUT2D eigenvalue weighted by molar-refractivity contribution is 0.392. The Kier molecular flexibility index (Phi) is 3.99. The van der Waals surface area contributed by atoms with Gasteiger partial charge in [-0.3, -0.25) is 5.43 Å². The van der Waals surface area contributed by atoms with E-state index in [9.17, 15) is 0 Å². The molecule has 108 valence electrons. The Morgan fingerprint density at radius 3 is 2.40 bits per heavy atom. The number of hydrazine groups is 1. The summed E-state index contributed by atoms with van der Waals surface area (Å²) in [5.41, 5.74) is 4.25. The summed E-state index contributed by atoms with van der Waals surface area (Å²) in [5, 5.41) is 7.01. The molecule has 9 heteroatoms. The first-order valence-electron chi connectivity index (χ1n) is 6.07. The minimum absolute atomic E-state index is 0.296. The summed E-state index contributed by atoms with van der Waals surface area (Å²) in [4.78, 5) is 14.3. The molecule has 0 bridgehead atoms. The Balaban J connectivity index is 2.19. The van der Waals surface area contributed by atoms with Crippen LogP contribution in [0.5, 0.6) is 0 Å². The minimum atomic E-state index is 0.296. The molecule has 2 aromatic rings. The maximum atomic E-state index is 5.35. The first kappa shape index (κ1) is 14.0. The summed E-state index contributed by atoms with van der Waals surface area (Å²) >= 11 is 0. The van der Waals surface area contributed by atoms with Crippen molar-refractivity contribution >= 4 is 17.8 Å². The van der Waals surface area contributed by atoms with Crippen molar-refractivity contribution in [1.82, 2.24) is 20.1 Å². The number of rotatable bonds is 5. The van der Waals surface area contributed by atoms with Crippen molar-refractivity contribution in [3.05, 3.63) is 17.0 Å². The molecule has 0 saturated heterocycles. The van der Waals surface area contributed by atoms with Crippen molar-refractivity contribution in [3.63, 3.8) is 0 Å². The molecular weight excluding hydrogens is 260 g/mol. The Morgan fingerprint density at radius 1 is 1.15 bits per heavy atom. The Hall–Kier alpha value is -2.42. The van der Waals surface area contributed by atoms with Gasteiger partial charge in [0.2, 0.25) is 17.8 Å². The Labute approximate surface area is 116 Å². The van der Waals surface area contributed by atoms with E-state index in [2.05, 4.69) is 30.9 Å². The first-order chi connectivity index (χ1) is 9.51. The van der Waals surface area contributed by atoms with Crippen LogP contribution in [0.4, 0.5) is 17.8 Å². The highest BCUT2D eigenvalue weighted by atomic mass is 16.5. The second kappa shape index (κ2) is 5.70. The third-order valence-corrected chi connectivity index (χ3v) is 2.76. The Morgan fingerprint density at radius 2 is 1.85 bits per heavy atom. The molecule has 0 spiro atoms. The summed E-state index contributed by atoms with van der Waals surface area (Å²) in [6.45, 7) is 4.27. The van der Waals surface area contributed by atoms with Crippen LogP contribution < -0.4 is 21.5 Å². The van der Waals surface area contributed by atoms with Crippen molar-refractivity contribution < 1.29 is 4.52 Å². The van der Waals surface area contributed by atoms with Gasteiger partial charge in [0.05, 0.1) is 5.69 Å². The van der Waals surface area contributed by atoms with Crippen LogP contribution in [0.25, 0.3) is 0 Å². The number of aryl methyl sites for hydroxylation is 2. The molecule has 0 aliphatic carbocycles. The van der Waals surface area contributed by atoms with Gasteiger partial charge in [-0.15, -0.1) is 0 Å². The van der Waals surface area contributed by atoms with Crippen LogP contribution in [0.2, 0.25) is 0 Å². The van der Waals surface area contributed by atoms with Gasteiger partial charge < -0.3 is 14.7 Å². The summed E-state index contributed by atoms with van der Waals surface area (Å²) in [6, 6.07) is 0. The normalized spacial score (nSPS) is 10.4. The quantitative estimate of drug-likeness (QED) is 0.528. The van der Waals surface area contributed by atoms with Crippen LogP contribution in [-0.2, 0) is 6.54 Å². The molecule has 0 aliphatic rings. The van der Waals surface area contributed by atoms with Gasteiger partial charge in [0.1, 0.15) is 5.76 Å². The molecule has 4 N–H and O–H groups in total. The predicted molar refractivity (Wildman–Crippen MR) is 75.3 cm³/mol. The van der Waals surface area contributed by atoms with Gasteiger partial charge >= 0.3 is 0 Å². The summed E-state index contributed by atoms with van der Waals surface area (Å²) < 4.78 is 5.11. The fourth-order valence-corrected chi connectivity index (χ4v) is 1.63. The summed E-state index contributed by atoms with van der Waals surface area (Å²) in [5.74, 6) is 7.36. The molecule has 0 radical (unpaired) electrons. The molecular formula is C11H18N8O. The van der Waals surface area contributed by atoms with Gasteiger partial charge in [0, 0.05) is 26.2 Å². The second-order valence-electron chi connectivity index (χ2n) is 4.48. The molecule has 2 heterocycles. The standard InChI is InChI=1S/C11H18N8O/c1-6-8(7(2)20-18-6)5-13-9-14-10(17-12)16-11(15-9)19(3)4/h5,12H2,1-4H3,(H2,13,14,15,16,17). The van der Waals surface area contributed by atoms with Crippen molar-refractivity contribution in [2.45, 2.75) is 20.4 Å². The van der Waals surface area contributed by atoms with Crippen molar-refractivity contribution in [2.75, 3.05) is 29.7 Å². The lowest BCUT2D eigenvalue weighted by Gasteiger charge is -2.13. The lowest BCUT2D eigenvalue weighted by Crippen LogP contribution is -2.19. The number of anilines is 3. The fourth-order valence-electron chi connectivity index (χ4n) is 1.63. The van der Waals surface area contributed by atoms with Gasteiger partial charge in [-0.05, 0) is 13.8 Å². The van der Waals surface area contributed by atoms with E-state index in [0.29, 0.717) is 24.4 Å². The number of nitrogen functional groups attached to an aromatic ring is 1. The summed E-state index contributed by atoms with van der Waals surface area (Å²) in [7, 11) is 3.68. The number of nitrogens with zero attached hydrogens (tertiary/aromatic N) is 5. The van der Waals surface area contributed by atoms with E-state index in [-0.39, 0.29) is 0 Å². The fraction of sp³-hybridized carbons (Fsp3) is 0.455. The molecule has 20 heavy (non-hydrogen) atoms. The van der Waals surface area contributed by atoms with E-state index < -0.39 is 0 Å². The topological polar surface area (TPSA) is 118 Å². The highest BCUT2D eigenvalue weighted by Gasteiger charge is 2.11. The van der Waals surface area contributed by atoms with Gasteiger partial charge in [-0.2, -0.15) is 15.0 Å². The number of hydrogen-bond donors (Lipinski definition) is 3. The van der Waals surface area contributed by atoms with Crippen LogP contribution in [0, 0.1) is 13.8 Å². The molecule has 2 rings (SSSR count). The van der Waals surface area contributed by atoms with Gasteiger partial charge in [-0.1, -0.05) is 5.16 Å². The molecule has 0 aromatic carbocycles. The molecule has 0 fully saturated rings. The van der Waals surface area contributed by atoms with E-state index in [1.165, 1.54) is 0 Å². The Bertz CT molecular complexity index is 575. The number of hydrogen-bond acceptors (Lipinski definition) is 9. The average molecular weight is 278 g/mol. The van der Waals surface area contributed by atoms with Gasteiger partial charge in [0.25, 0.3) is 0 Å². The monoisotopic (exact) mass is 278 g/mol. The average Bonchev–Trinajstić information content (AvgIpc) is 2.75. The van der Waals surface area contributed by atoms with Gasteiger partial charge in [0.15, 0.2) is 0 Å². The second-order valence-corrected chi connectivity index (χ2v) is 4.48. The smallest absolute Gasteiger partial charge is 0.243 e. The maximum Gasteiger partial charge on any atom is 0.243 e. The summed E-state index contributed by atoms with van der Waals surface area (Å²) in [6.07, 6.45) is 0. The van der Waals surface area contributed by atoms with Gasteiger partial charge in [-0.25, -0.2) is 5.84 Å². The zero-order valence-electron chi connectivity index (χ0n) is 11.9. The predicted octanol–water partition coefficient (Wildman–Crippen LogP) is 0.440. The largest absolute Gasteiger partial charge is 0.361 e. The number of nitrogens with one attached hydrogen (secondary N) is 2. The highest BCUT2D eigenvalue weighted by Crippen LogP contribution is 2.15. The molecule has 0 atom stereocenters. The van der Waals surface area contributed by atoms with E-state index in [1.54, 1.807) is 4.90 Å². The van der Waals surface area contributed by atoms with Crippen molar-refractivity contribution in [2.24, 2.45) is 5.84 Å². The lowest BCUT2D eigenvalue weighted by atomic mass is 10.2. The molecule has 0 aliphatic heterocycles. The van der Waals surface area contributed by atoms with Crippen molar-refractivity contribution in [3.8, 4) is 0 Å². The van der Waals surface area contributed by atoms with E-state index in [0.717, 1.165) is 17.0 Å². The van der Waals surface area contributed by atoms with E-state index in [1.807, 2.05) is 27.9 Å². The van der Waals surface area contributed by atoms with Crippen LogP contribution in [-0.4, -0.2) is 34.2 Å².